The van der Waals surface area contributed by atoms with Crippen molar-refractivity contribution in [3.8, 4) is 5.75 Å². The number of ether oxygens (including phenoxy) is 1. The molecule has 0 spiro atoms. The molecule has 1 fully saturated rings. The summed E-state index contributed by atoms with van der Waals surface area (Å²) >= 11 is 12.9. The largest absolute Gasteiger partial charge is 0.493 e. The third-order valence-electron chi connectivity index (χ3n) is 12.1. The van der Waals surface area contributed by atoms with Crippen LogP contribution in [-0.4, -0.2) is 52.3 Å². The highest BCUT2D eigenvalue weighted by molar-refractivity contribution is 6.30. The second-order valence-electron chi connectivity index (χ2n) is 16.8. The third kappa shape index (κ3) is 7.67. The van der Waals surface area contributed by atoms with Crippen LogP contribution in [0, 0.1) is 5.92 Å². The highest BCUT2D eigenvalue weighted by atomic mass is 35.5. The fourth-order valence-electron chi connectivity index (χ4n) is 8.61. The zero-order valence-electron chi connectivity index (χ0n) is 33.4. The number of pyridine rings is 1. The average molecular weight is 795 g/mol. The van der Waals surface area contributed by atoms with Crippen LogP contribution >= 0.6 is 23.2 Å². The van der Waals surface area contributed by atoms with Crippen LogP contribution in [0.15, 0.2) is 84.0 Å². The number of hydrogen-bond acceptors (Lipinski definition) is 5. The van der Waals surface area contributed by atoms with Gasteiger partial charge in [-0.3, -0.25) is 19.7 Å². The summed E-state index contributed by atoms with van der Waals surface area (Å²) in [6.07, 6.45) is 8.23. The van der Waals surface area contributed by atoms with E-state index in [-0.39, 0.29) is 23.3 Å². The van der Waals surface area contributed by atoms with Gasteiger partial charge in [-0.15, -0.1) is 0 Å². The van der Waals surface area contributed by atoms with Crippen LogP contribution in [-0.2, 0) is 34.1 Å². The summed E-state index contributed by atoms with van der Waals surface area (Å²) in [4.78, 5) is 42.9. The lowest BCUT2D eigenvalue weighted by Crippen LogP contribution is -2.59. The van der Waals surface area contributed by atoms with Crippen molar-refractivity contribution in [1.82, 2.24) is 14.8 Å². The van der Waals surface area contributed by atoms with Gasteiger partial charge in [-0.2, -0.15) is 0 Å². The zero-order valence-corrected chi connectivity index (χ0v) is 34.9. The number of fused-ring (bicyclic) bond motifs is 1. The Morgan fingerprint density at radius 1 is 0.875 bits per heavy atom. The number of aromatic nitrogens is 1. The first kappa shape index (κ1) is 39.8. The molecule has 0 radical (unpaired) electrons. The van der Waals surface area contributed by atoms with Gasteiger partial charge in [0.25, 0.3) is 0 Å². The van der Waals surface area contributed by atoms with Gasteiger partial charge in [0.1, 0.15) is 22.7 Å². The molecule has 7 rings (SSSR count). The van der Waals surface area contributed by atoms with Gasteiger partial charge in [0.2, 0.25) is 5.91 Å². The summed E-state index contributed by atoms with van der Waals surface area (Å²) in [6.45, 7) is 13.9. The molecule has 0 bridgehead atoms. The van der Waals surface area contributed by atoms with Crippen LogP contribution in [0.4, 0.5) is 10.5 Å². The van der Waals surface area contributed by atoms with Crippen molar-refractivity contribution >= 4 is 46.7 Å². The molecule has 1 aliphatic carbocycles. The van der Waals surface area contributed by atoms with Crippen molar-refractivity contribution in [2.75, 3.05) is 25.0 Å². The fourth-order valence-corrected chi connectivity index (χ4v) is 8.86. The first-order chi connectivity index (χ1) is 26.7. The lowest BCUT2D eigenvalue weighted by molar-refractivity contribution is -0.117. The summed E-state index contributed by atoms with van der Waals surface area (Å²) in [5.41, 5.74) is 4.65. The molecule has 56 heavy (non-hydrogen) atoms. The Balaban J connectivity index is 1.22. The fraction of sp³-hybridized carbons (Fsp3) is 0.435. The minimum atomic E-state index is -1.03. The summed E-state index contributed by atoms with van der Waals surface area (Å²) in [5.74, 6) is 1.27. The summed E-state index contributed by atoms with van der Waals surface area (Å²) in [7, 11) is 0. The smallest absolute Gasteiger partial charge is 0.326 e. The summed E-state index contributed by atoms with van der Waals surface area (Å²) in [5, 5.41) is 4.36. The molecular weight excluding hydrogens is 741 g/mol. The van der Waals surface area contributed by atoms with Crippen molar-refractivity contribution in [3.63, 3.8) is 0 Å². The van der Waals surface area contributed by atoms with Crippen LogP contribution in [0.2, 0.25) is 10.0 Å². The number of carbonyl (C=O) groups is 2. The van der Waals surface area contributed by atoms with Gasteiger partial charge in [-0.25, -0.2) is 4.79 Å². The van der Waals surface area contributed by atoms with E-state index in [1.54, 1.807) is 6.20 Å². The lowest BCUT2D eigenvalue weighted by Gasteiger charge is -2.47. The molecule has 0 unspecified atom stereocenters. The summed E-state index contributed by atoms with van der Waals surface area (Å²) < 4.78 is 6.31. The number of carbonyl (C=O) groups excluding carboxylic acids is 2. The van der Waals surface area contributed by atoms with Gasteiger partial charge in [-0.1, -0.05) is 74.3 Å². The molecule has 1 aromatic heterocycles. The van der Waals surface area contributed by atoms with Crippen LogP contribution in [0.1, 0.15) is 107 Å². The van der Waals surface area contributed by atoms with E-state index in [1.165, 1.54) is 24.0 Å². The topological polar surface area (TPSA) is 87.1 Å². The van der Waals surface area contributed by atoms with Crippen LogP contribution in [0.5, 0.6) is 5.75 Å². The van der Waals surface area contributed by atoms with Crippen LogP contribution < -0.4 is 10.1 Å². The second kappa shape index (κ2) is 15.9. The van der Waals surface area contributed by atoms with Gasteiger partial charge >= 0.3 is 6.03 Å². The van der Waals surface area contributed by atoms with Crippen molar-refractivity contribution in [2.24, 2.45) is 10.9 Å². The van der Waals surface area contributed by atoms with E-state index < -0.39 is 11.1 Å². The highest BCUT2D eigenvalue weighted by Crippen LogP contribution is 2.54. The number of nitrogens with zero attached hydrogens (tertiary/aromatic N) is 4. The molecule has 1 N–H and O–H groups in total. The van der Waals surface area contributed by atoms with Crippen molar-refractivity contribution in [1.29, 1.82) is 0 Å². The SMILES string of the molecule is CCOc1cc(C(C)(C)C)ncc1C1=N[C@@](C)(c2ccc(Cl)cc2)[C@@](C)(c2ccc(Cl)cc2)N1C(=O)N1CCC(CC(=O)Nc2ccc3c(c2)CCCC3)CC1. The van der Waals surface area contributed by atoms with Crippen LogP contribution in [0.25, 0.3) is 0 Å². The number of rotatable bonds is 8. The molecule has 8 nitrogen and oxygen atoms in total. The Kier molecular flexibility index (Phi) is 11.3. The first-order valence-electron chi connectivity index (χ1n) is 20.0. The minimum Gasteiger partial charge on any atom is -0.493 e. The number of likely N-dealkylation sites (tertiary alicyclic amines) is 1. The molecule has 4 aromatic rings. The maximum Gasteiger partial charge on any atom is 0.326 e. The second-order valence-corrected chi connectivity index (χ2v) is 17.7. The third-order valence-corrected chi connectivity index (χ3v) is 12.6. The average Bonchev–Trinajstić information content (AvgIpc) is 3.42. The molecule has 3 aliphatic rings. The monoisotopic (exact) mass is 793 g/mol. The normalized spacial score (nSPS) is 21.4. The molecular formula is C46H53Cl2N5O3. The number of amidine groups is 1. The highest BCUT2D eigenvalue weighted by Gasteiger charge is 2.60. The number of piperidine rings is 1. The van der Waals surface area contributed by atoms with E-state index in [4.69, 9.17) is 37.9 Å². The van der Waals surface area contributed by atoms with E-state index in [9.17, 15) is 4.79 Å². The van der Waals surface area contributed by atoms with Gasteiger partial charge in [0.05, 0.1) is 12.2 Å². The van der Waals surface area contributed by atoms with Crippen molar-refractivity contribution in [2.45, 2.75) is 103 Å². The zero-order chi connectivity index (χ0) is 39.8. The van der Waals surface area contributed by atoms with E-state index >= 15 is 4.79 Å². The number of benzene rings is 3. The maximum absolute atomic E-state index is 15.4. The van der Waals surface area contributed by atoms with Gasteiger partial charge in [0.15, 0.2) is 0 Å². The Bertz CT molecular complexity index is 2120. The Morgan fingerprint density at radius 2 is 1.50 bits per heavy atom. The molecule has 2 atom stereocenters. The maximum atomic E-state index is 15.4. The Labute approximate surface area is 341 Å². The van der Waals surface area contributed by atoms with Gasteiger partial charge in [-0.05, 0) is 124 Å². The number of urea groups is 1. The number of nitrogens with one attached hydrogen (secondary N) is 1. The number of hydrogen-bond donors (Lipinski definition) is 1. The first-order valence-corrected chi connectivity index (χ1v) is 20.7. The molecule has 1 saturated heterocycles. The predicted octanol–water partition coefficient (Wildman–Crippen LogP) is 10.7. The quantitative estimate of drug-likeness (QED) is 0.192. The van der Waals surface area contributed by atoms with Crippen molar-refractivity contribution < 1.29 is 14.3 Å². The molecule has 294 valence electrons. The molecule has 10 heteroatoms. The predicted molar refractivity (Wildman–Crippen MR) is 226 cm³/mol. The number of anilines is 1. The molecule has 2 aliphatic heterocycles. The minimum absolute atomic E-state index is 0.0169. The van der Waals surface area contributed by atoms with Gasteiger partial charge < -0.3 is 15.0 Å². The Morgan fingerprint density at radius 3 is 2.12 bits per heavy atom. The Hall–Kier alpha value is -4.40. The van der Waals surface area contributed by atoms with E-state index in [0.717, 1.165) is 35.3 Å². The number of amides is 3. The molecule has 0 saturated carbocycles. The number of aryl methyl sites for hydroxylation is 2. The van der Waals surface area contributed by atoms with Crippen molar-refractivity contribution in [3.05, 3.63) is 123 Å². The van der Waals surface area contributed by atoms with Gasteiger partial charge in [0, 0.05) is 58.6 Å². The van der Waals surface area contributed by atoms with E-state index in [0.29, 0.717) is 66.2 Å². The standard InChI is InChI=1S/C46H53Cl2N5O3/c1-7-56-39-28-40(44(2,3)4)49-29-38(39)42-51-45(5,33-13-17-35(47)18-14-33)46(6,34-15-19-36(48)20-16-34)53(42)43(55)52-24-22-30(23-25-52)26-41(54)50-37-21-12-31-10-8-9-11-32(31)27-37/h12-21,27-30H,7-11,22-26H2,1-6H3,(H,50,54)/t45-,46+/m0/s1. The molecule has 3 aromatic carbocycles. The number of halogens is 2. The molecule has 3 heterocycles. The molecule has 3 amide bonds. The summed E-state index contributed by atoms with van der Waals surface area (Å²) in [6, 6.07) is 23.5. The van der Waals surface area contributed by atoms with E-state index in [2.05, 4.69) is 52.1 Å². The lowest BCUT2D eigenvalue weighted by atomic mass is 9.71. The number of aliphatic imine (C=N–C) groups is 1. The van der Waals surface area contributed by atoms with E-state index in [1.807, 2.05) is 77.4 Å². The van der Waals surface area contributed by atoms with Crippen LogP contribution in [0.3, 0.4) is 0 Å².